The maximum Gasteiger partial charge on any atom is 0.216 e. The third-order valence-electron chi connectivity index (χ3n) is 2.57. The number of hydrogen-bond donors (Lipinski definition) is 0. The minimum absolute atomic E-state index is 0.114. The lowest BCUT2D eigenvalue weighted by atomic mass is 10.0. The second-order valence-corrected chi connectivity index (χ2v) is 6.48. The summed E-state index contributed by atoms with van der Waals surface area (Å²) in [5, 5.41) is -0.395. The number of hydrogen-bond acceptors (Lipinski definition) is 3. The average molecular weight is 219 g/mol. The van der Waals surface area contributed by atoms with Crippen LogP contribution in [0.5, 0.6) is 0 Å². The van der Waals surface area contributed by atoms with E-state index in [4.69, 9.17) is 0 Å². The fourth-order valence-electron chi connectivity index (χ4n) is 1.61. The standard InChI is InChI=1S/C9H17NO3S/c1-8(2)14(12,13)10-5-3-4-9(6-10)7-11/h7-9H,3-6H2,1-2H3. The van der Waals surface area contributed by atoms with E-state index in [9.17, 15) is 13.2 Å². The summed E-state index contributed by atoms with van der Waals surface area (Å²) in [5.74, 6) is -0.114. The summed E-state index contributed by atoms with van der Waals surface area (Å²) < 4.78 is 25.0. The van der Waals surface area contributed by atoms with Crippen molar-refractivity contribution in [3.05, 3.63) is 0 Å². The molecule has 1 saturated heterocycles. The molecule has 82 valence electrons. The summed E-state index contributed by atoms with van der Waals surface area (Å²) in [6.45, 7) is 4.26. The molecule has 0 radical (unpaired) electrons. The molecule has 1 atom stereocenters. The summed E-state index contributed by atoms with van der Waals surface area (Å²) in [7, 11) is -3.17. The largest absolute Gasteiger partial charge is 0.303 e. The Hall–Kier alpha value is -0.420. The van der Waals surface area contributed by atoms with Crippen molar-refractivity contribution >= 4 is 16.3 Å². The molecule has 0 saturated carbocycles. The SMILES string of the molecule is CC(C)S(=O)(=O)N1CCCC(C=O)C1. The molecule has 0 N–H and O–H groups in total. The van der Waals surface area contributed by atoms with Gasteiger partial charge in [0.1, 0.15) is 6.29 Å². The van der Waals surface area contributed by atoms with Crippen LogP contribution >= 0.6 is 0 Å². The summed E-state index contributed by atoms with van der Waals surface area (Å²) in [5.41, 5.74) is 0. The van der Waals surface area contributed by atoms with E-state index in [1.165, 1.54) is 4.31 Å². The van der Waals surface area contributed by atoms with Crippen molar-refractivity contribution in [3.8, 4) is 0 Å². The highest BCUT2D eigenvalue weighted by atomic mass is 32.2. The van der Waals surface area contributed by atoms with Gasteiger partial charge in [-0.25, -0.2) is 12.7 Å². The van der Waals surface area contributed by atoms with Crippen molar-refractivity contribution in [1.29, 1.82) is 0 Å². The summed E-state index contributed by atoms with van der Waals surface area (Å²) in [6.07, 6.45) is 2.46. The zero-order valence-corrected chi connectivity index (χ0v) is 9.46. The number of carbonyl (C=O) groups excluding carboxylic acids is 1. The van der Waals surface area contributed by atoms with E-state index in [0.717, 1.165) is 19.1 Å². The molecule has 1 fully saturated rings. The van der Waals surface area contributed by atoms with E-state index in [1.807, 2.05) is 0 Å². The van der Waals surface area contributed by atoms with E-state index >= 15 is 0 Å². The van der Waals surface area contributed by atoms with Crippen LogP contribution in [0.4, 0.5) is 0 Å². The van der Waals surface area contributed by atoms with Crippen molar-refractivity contribution in [2.75, 3.05) is 13.1 Å². The molecule has 1 rings (SSSR count). The average Bonchev–Trinajstić information content (AvgIpc) is 2.17. The topological polar surface area (TPSA) is 54.5 Å². The molecule has 0 aromatic heterocycles. The van der Waals surface area contributed by atoms with E-state index in [1.54, 1.807) is 13.8 Å². The van der Waals surface area contributed by atoms with Crippen molar-refractivity contribution in [3.63, 3.8) is 0 Å². The Balaban J connectivity index is 2.74. The first kappa shape index (κ1) is 11.7. The molecule has 0 aliphatic carbocycles. The Kier molecular flexibility index (Phi) is 3.66. The van der Waals surface area contributed by atoms with E-state index in [0.29, 0.717) is 13.1 Å². The third-order valence-corrected chi connectivity index (χ3v) is 4.81. The Morgan fingerprint density at radius 2 is 2.07 bits per heavy atom. The molecule has 5 heteroatoms. The molecule has 0 aromatic carbocycles. The quantitative estimate of drug-likeness (QED) is 0.654. The highest BCUT2D eigenvalue weighted by molar-refractivity contribution is 7.89. The molecular weight excluding hydrogens is 202 g/mol. The molecular formula is C9H17NO3S. The molecule has 14 heavy (non-hydrogen) atoms. The van der Waals surface area contributed by atoms with E-state index in [-0.39, 0.29) is 5.92 Å². The van der Waals surface area contributed by atoms with Crippen molar-refractivity contribution in [2.45, 2.75) is 31.9 Å². The number of aldehydes is 1. The lowest BCUT2D eigenvalue weighted by Crippen LogP contribution is -2.43. The molecule has 1 unspecified atom stereocenters. The van der Waals surface area contributed by atoms with Crippen LogP contribution in [0.15, 0.2) is 0 Å². The van der Waals surface area contributed by atoms with Gasteiger partial charge in [-0.05, 0) is 26.7 Å². The predicted molar refractivity (Wildman–Crippen MR) is 54.4 cm³/mol. The van der Waals surface area contributed by atoms with Gasteiger partial charge >= 0.3 is 0 Å². The zero-order chi connectivity index (χ0) is 10.8. The van der Waals surface area contributed by atoms with E-state index in [2.05, 4.69) is 0 Å². The highest BCUT2D eigenvalue weighted by Gasteiger charge is 2.30. The number of piperidine rings is 1. The maximum absolute atomic E-state index is 11.8. The van der Waals surface area contributed by atoms with Crippen LogP contribution in [0.1, 0.15) is 26.7 Å². The van der Waals surface area contributed by atoms with Gasteiger partial charge in [-0.2, -0.15) is 0 Å². The fraction of sp³-hybridized carbons (Fsp3) is 0.889. The molecule has 0 spiro atoms. The molecule has 0 bridgehead atoms. The van der Waals surface area contributed by atoms with Crippen molar-refractivity contribution in [1.82, 2.24) is 4.31 Å². The van der Waals surface area contributed by atoms with Gasteiger partial charge in [0.15, 0.2) is 0 Å². The predicted octanol–water partition coefficient (Wildman–Crippen LogP) is 0.635. The fourth-order valence-corrected chi connectivity index (χ4v) is 2.99. The van der Waals surface area contributed by atoms with Gasteiger partial charge in [-0.3, -0.25) is 0 Å². The van der Waals surface area contributed by atoms with Crippen LogP contribution in [-0.4, -0.2) is 37.3 Å². The number of sulfonamides is 1. The lowest BCUT2D eigenvalue weighted by molar-refractivity contribution is -0.112. The molecule has 0 amide bonds. The second kappa shape index (κ2) is 4.40. The Bertz CT molecular complexity index is 297. The number of nitrogens with zero attached hydrogens (tertiary/aromatic N) is 1. The van der Waals surface area contributed by atoms with Crippen LogP contribution in [0.3, 0.4) is 0 Å². The molecule has 0 aromatic rings. The van der Waals surface area contributed by atoms with E-state index < -0.39 is 15.3 Å². The smallest absolute Gasteiger partial charge is 0.216 e. The lowest BCUT2D eigenvalue weighted by Gasteiger charge is -2.30. The van der Waals surface area contributed by atoms with Crippen LogP contribution in [0.2, 0.25) is 0 Å². The second-order valence-electron chi connectivity index (χ2n) is 3.99. The van der Waals surface area contributed by atoms with Gasteiger partial charge in [0.25, 0.3) is 0 Å². The van der Waals surface area contributed by atoms with Gasteiger partial charge in [-0.15, -0.1) is 0 Å². The van der Waals surface area contributed by atoms with Gasteiger partial charge in [0, 0.05) is 19.0 Å². The van der Waals surface area contributed by atoms with Crippen molar-refractivity contribution < 1.29 is 13.2 Å². The monoisotopic (exact) mass is 219 g/mol. The first-order chi connectivity index (χ1) is 6.48. The van der Waals surface area contributed by atoms with Crippen LogP contribution in [0.25, 0.3) is 0 Å². The minimum atomic E-state index is -3.17. The molecule has 1 aliphatic rings. The first-order valence-electron chi connectivity index (χ1n) is 4.92. The number of rotatable bonds is 3. The van der Waals surface area contributed by atoms with Gasteiger partial charge in [-0.1, -0.05) is 0 Å². The molecule has 1 heterocycles. The normalized spacial score (nSPS) is 25.2. The number of carbonyl (C=O) groups is 1. The summed E-state index contributed by atoms with van der Waals surface area (Å²) in [4.78, 5) is 10.6. The Morgan fingerprint density at radius 3 is 2.57 bits per heavy atom. The molecule has 4 nitrogen and oxygen atoms in total. The van der Waals surface area contributed by atoms with Crippen molar-refractivity contribution in [2.24, 2.45) is 5.92 Å². The maximum atomic E-state index is 11.8. The van der Waals surface area contributed by atoms with Crippen LogP contribution < -0.4 is 0 Å². The van der Waals surface area contributed by atoms with Crippen LogP contribution in [0, 0.1) is 5.92 Å². The summed E-state index contributed by atoms with van der Waals surface area (Å²) in [6, 6.07) is 0. The van der Waals surface area contributed by atoms with Gasteiger partial charge in [0.2, 0.25) is 10.0 Å². The zero-order valence-electron chi connectivity index (χ0n) is 8.64. The van der Waals surface area contributed by atoms with Gasteiger partial charge < -0.3 is 4.79 Å². The third kappa shape index (κ3) is 2.33. The minimum Gasteiger partial charge on any atom is -0.303 e. The highest BCUT2D eigenvalue weighted by Crippen LogP contribution is 2.19. The Morgan fingerprint density at radius 1 is 1.43 bits per heavy atom. The molecule has 1 aliphatic heterocycles. The van der Waals surface area contributed by atoms with Gasteiger partial charge in [0.05, 0.1) is 5.25 Å². The first-order valence-corrected chi connectivity index (χ1v) is 6.43. The Labute approximate surface area is 85.3 Å². The van der Waals surface area contributed by atoms with Crippen LogP contribution in [-0.2, 0) is 14.8 Å². The summed E-state index contributed by atoms with van der Waals surface area (Å²) >= 11 is 0.